The molecule has 4 heteroatoms. The van der Waals surface area contributed by atoms with Crippen LogP contribution in [-0.2, 0) is 0 Å². The van der Waals surface area contributed by atoms with Crippen molar-refractivity contribution in [3.8, 4) is 5.75 Å². The van der Waals surface area contributed by atoms with Crippen LogP contribution in [0.2, 0.25) is 0 Å². The topological polar surface area (TPSA) is 47.3 Å². The average Bonchev–Trinajstić information content (AvgIpc) is 2.79. The third-order valence-electron chi connectivity index (χ3n) is 3.77. The maximum absolute atomic E-state index is 5.75. The van der Waals surface area contributed by atoms with Crippen molar-refractivity contribution >= 4 is 11.3 Å². The summed E-state index contributed by atoms with van der Waals surface area (Å²) in [6, 6.07) is 2.39. The van der Waals surface area contributed by atoms with Crippen molar-refractivity contribution in [3.63, 3.8) is 0 Å². The van der Waals surface area contributed by atoms with Gasteiger partial charge in [0.05, 0.1) is 13.2 Å². The zero-order valence-electron chi connectivity index (χ0n) is 10.6. The van der Waals surface area contributed by atoms with Crippen LogP contribution in [0.15, 0.2) is 11.4 Å². The highest BCUT2D eigenvalue weighted by Crippen LogP contribution is 2.39. The molecule has 3 N–H and O–H groups in total. The van der Waals surface area contributed by atoms with Gasteiger partial charge in [0.15, 0.2) is 0 Å². The molecule has 0 radical (unpaired) electrons. The standard InChI is InChI=1S/C13H22N2OS/c1-9-4-3-5-10(6-9)13(15-14)12-7-11(16-2)8-17-12/h7-10,13,15H,3-6,14H2,1-2H3. The number of ether oxygens (including phenoxy) is 1. The van der Waals surface area contributed by atoms with Gasteiger partial charge in [-0.1, -0.05) is 19.8 Å². The van der Waals surface area contributed by atoms with E-state index in [0.717, 1.165) is 11.7 Å². The summed E-state index contributed by atoms with van der Waals surface area (Å²) in [6.45, 7) is 2.34. The molecule has 1 saturated carbocycles. The van der Waals surface area contributed by atoms with Gasteiger partial charge >= 0.3 is 0 Å². The Bertz CT molecular complexity index is 353. The molecule has 0 saturated heterocycles. The fraction of sp³-hybridized carbons (Fsp3) is 0.692. The summed E-state index contributed by atoms with van der Waals surface area (Å²) in [6.07, 6.45) is 5.24. The normalized spacial score (nSPS) is 26.8. The molecular weight excluding hydrogens is 232 g/mol. The summed E-state index contributed by atoms with van der Waals surface area (Å²) >= 11 is 1.73. The molecule has 1 heterocycles. The molecule has 1 fully saturated rings. The number of nitrogens with two attached hydrogens (primary N) is 1. The first-order valence-electron chi connectivity index (χ1n) is 6.33. The zero-order valence-corrected chi connectivity index (χ0v) is 11.4. The van der Waals surface area contributed by atoms with E-state index in [4.69, 9.17) is 10.6 Å². The number of hydrogen-bond donors (Lipinski definition) is 2. The first kappa shape index (κ1) is 12.9. The molecule has 3 nitrogen and oxygen atoms in total. The monoisotopic (exact) mass is 254 g/mol. The lowest BCUT2D eigenvalue weighted by Crippen LogP contribution is -2.35. The molecule has 2 rings (SSSR count). The molecule has 1 aliphatic carbocycles. The second kappa shape index (κ2) is 5.85. The van der Waals surface area contributed by atoms with Crippen LogP contribution in [0.25, 0.3) is 0 Å². The van der Waals surface area contributed by atoms with Crippen molar-refractivity contribution in [2.75, 3.05) is 7.11 Å². The van der Waals surface area contributed by atoms with Crippen molar-refractivity contribution in [3.05, 3.63) is 16.3 Å². The predicted octanol–water partition coefficient (Wildman–Crippen LogP) is 3.09. The number of hydrogen-bond acceptors (Lipinski definition) is 4. The van der Waals surface area contributed by atoms with Crippen LogP contribution in [-0.4, -0.2) is 7.11 Å². The third kappa shape index (κ3) is 3.00. The molecule has 1 aliphatic rings. The lowest BCUT2D eigenvalue weighted by atomic mass is 9.78. The third-order valence-corrected chi connectivity index (χ3v) is 4.76. The van der Waals surface area contributed by atoms with E-state index in [-0.39, 0.29) is 6.04 Å². The fourth-order valence-corrected chi connectivity index (χ4v) is 3.85. The minimum Gasteiger partial charge on any atom is -0.496 e. The second-order valence-electron chi connectivity index (χ2n) is 5.07. The van der Waals surface area contributed by atoms with E-state index in [2.05, 4.69) is 18.4 Å². The Morgan fingerprint density at radius 3 is 2.94 bits per heavy atom. The fourth-order valence-electron chi connectivity index (χ4n) is 2.84. The van der Waals surface area contributed by atoms with Crippen LogP contribution < -0.4 is 16.0 Å². The smallest absolute Gasteiger partial charge is 0.129 e. The van der Waals surface area contributed by atoms with Crippen molar-refractivity contribution in [2.24, 2.45) is 17.7 Å². The van der Waals surface area contributed by atoms with Gasteiger partial charge in [-0.05, 0) is 30.7 Å². The minimum absolute atomic E-state index is 0.284. The first-order valence-corrected chi connectivity index (χ1v) is 7.21. The van der Waals surface area contributed by atoms with Gasteiger partial charge in [-0.2, -0.15) is 0 Å². The van der Waals surface area contributed by atoms with Gasteiger partial charge in [0.25, 0.3) is 0 Å². The molecular formula is C13H22N2OS. The van der Waals surface area contributed by atoms with Crippen LogP contribution in [0, 0.1) is 11.8 Å². The van der Waals surface area contributed by atoms with Gasteiger partial charge in [-0.15, -0.1) is 11.3 Å². The number of thiophene rings is 1. The minimum atomic E-state index is 0.284. The summed E-state index contributed by atoms with van der Waals surface area (Å²) in [7, 11) is 1.71. The van der Waals surface area contributed by atoms with Crippen LogP contribution in [0.4, 0.5) is 0 Å². The van der Waals surface area contributed by atoms with Crippen LogP contribution in [0.5, 0.6) is 5.75 Å². The quantitative estimate of drug-likeness (QED) is 0.641. The molecule has 3 atom stereocenters. The van der Waals surface area contributed by atoms with Gasteiger partial charge < -0.3 is 4.74 Å². The van der Waals surface area contributed by atoms with Crippen molar-refractivity contribution in [1.82, 2.24) is 5.43 Å². The highest BCUT2D eigenvalue weighted by molar-refractivity contribution is 7.10. The van der Waals surface area contributed by atoms with Crippen LogP contribution >= 0.6 is 11.3 Å². The van der Waals surface area contributed by atoms with E-state index in [9.17, 15) is 0 Å². The molecule has 96 valence electrons. The maximum Gasteiger partial charge on any atom is 0.129 e. The molecule has 0 bridgehead atoms. The predicted molar refractivity (Wildman–Crippen MR) is 72.1 cm³/mol. The Hall–Kier alpha value is -0.580. The highest BCUT2D eigenvalue weighted by atomic mass is 32.1. The van der Waals surface area contributed by atoms with E-state index < -0.39 is 0 Å². The van der Waals surface area contributed by atoms with E-state index in [1.807, 2.05) is 5.38 Å². The van der Waals surface area contributed by atoms with E-state index in [1.54, 1.807) is 18.4 Å². The molecule has 0 aliphatic heterocycles. The number of rotatable bonds is 4. The Labute approximate surface area is 107 Å². The second-order valence-corrected chi connectivity index (χ2v) is 6.01. The number of methoxy groups -OCH3 is 1. The van der Waals surface area contributed by atoms with Crippen molar-refractivity contribution < 1.29 is 4.74 Å². The van der Waals surface area contributed by atoms with Gasteiger partial charge in [0.2, 0.25) is 0 Å². The molecule has 0 spiro atoms. The first-order chi connectivity index (χ1) is 8.24. The SMILES string of the molecule is COc1csc(C(NN)C2CCCC(C)C2)c1. The summed E-state index contributed by atoms with van der Waals surface area (Å²) in [5.41, 5.74) is 3.00. The van der Waals surface area contributed by atoms with Crippen molar-refractivity contribution in [1.29, 1.82) is 0 Å². The van der Waals surface area contributed by atoms with Crippen LogP contribution in [0.1, 0.15) is 43.5 Å². The van der Waals surface area contributed by atoms with Crippen LogP contribution in [0.3, 0.4) is 0 Å². The zero-order chi connectivity index (χ0) is 12.3. The average molecular weight is 254 g/mol. The maximum atomic E-state index is 5.75. The van der Waals surface area contributed by atoms with Gasteiger partial charge in [-0.3, -0.25) is 11.3 Å². The largest absolute Gasteiger partial charge is 0.496 e. The highest BCUT2D eigenvalue weighted by Gasteiger charge is 2.28. The summed E-state index contributed by atoms with van der Waals surface area (Å²) in [4.78, 5) is 1.29. The molecule has 1 aromatic heterocycles. The number of nitrogens with one attached hydrogen (secondary N) is 1. The summed E-state index contributed by atoms with van der Waals surface area (Å²) in [5, 5.41) is 2.05. The molecule has 0 amide bonds. The lowest BCUT2D eigenvalue weighted by molar-refractivity contribution is 0.226. The van der Waals surface area contributed by atoms with Gasteiger partial charge in [0.1, 0.15) is 5.75 Å². The van der Waals surface area contributed by atoms with E-state index >= 15 is 0 Å². The molecule has 17 heavy (non-hydrogen) atoms. The van der Waals surface area contributed by atoms with Gasteiger partial charge in [-0.25, -0.2) is 0 Å². The summed E-state index contributed by atoms with van der Waals surface area (Å²) in [5.74, 6) is 8.17. The lowest BCUT2D eigenvalue weighted by Gasteiger charge is -2.32. The Balaban J connectivity index is 2.09. The number of hydrazine groups is 1. The Morgan fingerprint density at radius 2 is 2.35 bits per heavy atom. The Morgan fingerprint density at radius 1 is 1.53 bits per heavy atom. The molecule has 1 aromatic rings. The molecule has 0 aromatic carbocycles. The van der Waals surface area contributed by atoms with E-state index in [1.165, 1.54) is 30.6 Å². The summed E-state index contributed by atoms with van der Waals surface area (Å²) < 4.78 is 5.24. The van der Waals surface area contributed by atoms with Gasteiger partial charge in [0, 0.05) is 10.3 Å². The van der Waals surface area contributed by atoms with E-state index in [0.29, 0.717) is 5.92 Å². The molecule has 3 unspecified atom stereocenters. The Kier molecular flexibility index (Phi) is 4.42. The van der Waals surface area contributed by atoms with Crippen molar-refractivity contribution in [2.45, 2.75) is 38.6 Å².